The highest BCUT2D eigenvalue weighted by Gasteiger charge is 2.33. The summed E-state index contributed by atoms with van der Waals surface area (Å²) in [6, 6.07) is 0. The largest absolute Gasteiger partial charge is 0.523 e. The van der Waals surface area contributed by atoms with E-state index in [1.165, 1.54) is 18.2 Å². The molecule has 0 radical (unpaired) electrons. The smallest absolute Gasteiger partial charge is 0.279 e. The first kappa shape index (κ1) is 9.41. The molecule has 1 atom stereocenters. The number of allylic oxidation sites excluding steroid dienone is 2. The number of hydrogen-bond acceptors (Lipinski definition) is 2. The molecule has 0 aromatic carbocycles. The summed E-state index contributed by atoms with van der Waals surface area (Å²) >= 11 is 4.63. The molecule has 0 spiro atoms. The second kappa shape index (κ2) is 3.37. The lowest BCUT2D eigenvalue weighted by molar-refractivity contribution is -0.327. The number of alkyl halides is 3. The van der Waals surface area contributed by atoms with Crippen molar-refractivity contribution in [2.45, 2.75) is 12.5 Å². The molecule has 1 unspecified atom stereocenters. The van der Waals surface area contributed by atoms with Gasteiger partial charge >= 0.3 is 6.36 Å². The Morgan fingerprint density at radius 1 is 1.33 bits per heavy atom. The Hall–Kier alpha value is -0.680. The maximum Gasteiger partial charge on any atom is 0.523 e. The van der Waals surface area contributed by atoms with E-state index in [1.807, 2.05) is 0 Å². The predicted molar refractivity (Wildman–Crippen MR) is 41.8 cm³/mol. The van der Waals surface area contributed by atoms with Gasteiger partial charge in [-0.15, -0.1) is 13.2 Å². The highest BCUT2D eigenvalue weighted by molar-refractivity contribution is 7.80. The van der Waals surface area contributed by atoms with Crippen molar-refractivity contribution in [2.24, 2.45) is 0 Å². The Bertz CT molecular complexity index is 242. The first-order valence-corrected chi connectivity index (χ1v) is 3.53. The number of halogens is 3. The van der Waals surface area contributed by atoms with Crippen LogP contribution in [-0.2, 0) is 4.74 Å². The number of ether oxygens (including phenoxy) is 1. The van der Waals surface area contributed by atoms with E-state index < -0.39 is 12.5 Å². The molecule has 1 rings (SSSR count). The zero-order valence-corrected chi connectivity index (χ0v) is 6.65. The second-order valence-corrected chi connectivity index (χ2v) is 2.60. The fraction of sp³-hybridized carbons (Fsp3) is 0.286. The molecule has 12 heavy (non-hydrogen) atoms. The van der Waals surface area contributed by atoms with E-state index in [-0.39, 0.29) is 4.86 Å². The quantitative estimate of drug-likeness (QED) is 0.593. The molecular weight excluding hydrogens is 189 g/mol. The van der Waals surface area contributed by atoms with E-state index in [2.05, 4.69) is 17.0 Å². The van der Waals surface area contributed by atoms with Gasteiger partial charge in [-0.25, -0.2) is 0 Å². The van der Waals surface area contributed by atoms with Crippen LogP contribution in [0.3, 0.4) is 0 Å². The summed E-state index contributed by atoms with van der Waals surface area (Å²) in [4.78, 5) is 0.134. The van der Waals surface area contributed by atoms with Crippen LogP contribution in [0.5, 0.6) is 0 Å². The van der Waals surface area contributed by atoms with Crippen molar-refractivity contribution in [3.63, 3.8) is 0 Å². The fourth-order valence-electron chi connectivity index (χ4n) is 0.746. The van der Waals surface area contributed by atoms with Crippen molar-refractivity contribution in [3.8, 4) is 0 Å². The molecule has 1 aliphatic rings. The van der Waals surface area contributed by atoms with Crippen molar-refractivity contribution < 1.29 is 17.9 Å². The third kappa shape index (κ3) is 2.75. The first-order chi connectivity index (χ1) is 5.49. The molecule has 1 aliphatic carbocycles. The molecule has 0 saturated carbocycles. The van der Waals surface area contributed by atoms with Crippen molar-refractivity contribution in [3.05, 3.63) is 24.3 Å². The monoisotopic (exact) mass is 194 g/mol. The minimum atomic E-state index is -4.63. The lowest BCUT2D eigenvalue weighted by Gasteiger charge is -2.16. The molecule has 0 aliphatic heterocycles. The summed E-state index contributed by atoms with van der Waals surface area (Å²) in [5.41, 5.74) is 0. The van der Waals surface area contributed by atoms with Gasteiger partial charge in [0.1, 0.15) is 6.10 Å². The van der Waals surface area contributed by atoms with Gasteiger partial charge in [-0.1, -0.05) is 30.4 Å². The normalized spacial score (nSPS) is 23.2. The molecule has 66 valence electrons. The predicted octanol–water partition coefficient (Wildman–Crippen LogP) is 2.39. The molecule has 0 bridgehead atoms. The zero-order valence-electron chi connectivity index (χ0n) is 5.84. The van der Waals surface area contributed by atoms with Crippen LogP contribution in [0.15, 0.2) is 24.3 Å². The Balaban J connectivity index is 2.59. The third-order valence-electron chi connectivity index (χ3n) is 1.20. The van der Waals surface area contributed by atoms with Crippen molar-refractivity contribution in [1.29, 1.82) is 0 Å². The van der Waals surface area contributed by atoms with E-state index >= 15 is 0 Å². The van der Waals surface area contributed by atoms with E-state index in [4.69, 9.17) is 0 Å². The molecule has 0 aromatic rings. The van der Waals surface area contributed by atoms with Gasteiger partial charge in [0, 0.05) is 4.86 Å². The molecule has 0 amide bonds. The Kier molecular flexibility index (Phi) is 2.64. The van der Waals surface area contributed by atoms with Crippen LogP contribution in [0.2, 0.25) is 0 Å². The highest BCUT2D eigenvalue weighted by Crippen LogP contribution is 2.21. The summed E-state index contributed by atoms with van der Waals surface area (Å²) in [5, 5.41) is 0. The Morgan fingerprint density at radius 3 is 2.50 bits per heavy atom. The summed E-state index contributed by atoms with van der Waals surface area (Å²) < 4.78 is 38.7. The minimum absolute atomic E-state index is 0.134. The highest BCUT2D eigenvalue weighted by atomic mass is 32.1. The lowest BCUT2D eigenvalue weighted by Crippen LogP contribution is -2.28. The Morgan fingerprint density at radius 2 is 2.00 bits per heavy atom. The van der Waals surface area contributed by atoms with E-state index in [0.717, 1.165) is 0 Å². The summed E-state index contributed by atoms with van der Waals surface area (Å²) in [7, 11) is 0. The second-order valence-electron chi connectivity index (χ2n) is 2.13. The molecule has 0 fully saturated rings. The lowest BCUT2D eigenvalue weighted by atomic mass is 10.1. The van der Waals surface area contributed by atoms with E-state index in [1.54, 1.807) is 6.08 Å². The van der Waals surface area contributed by atoms with Gasteiger partial charge in [0.25, 0.3) is 0 Å². The van der Waals surface area contributed by atoms with Crippen molar-refractivity contribution in [2.75, 3.05) is 0 Å². The zero-order chi connectivity index (χ0) is 9.19. The van der Waals surface area contributed by atoms with Gasteiger partial charge in [-0.05, 0) is 6.08 Å². The van der Waals surface area contributed by atoms with Gasteiger partial charge in [0.15, 0.2) is 0 Å². The minimum Gasteiger partial charge on any atom is -0.279 e. The standard InChI is InChI=1S/C7H5F3OS/c8-7(9,10)11-5-3-1-2-4-6(5)12/h1-5H. The van der Waals surface area contributed by atoms with Crippen LogP contribution < -0.4 is 0 Å². The van der Waals surface area contributed by atoms with Gasteiger partial charge in [0.2, 0.25) is 0 Å². The summed E-state index contributed by atoms with van der Waals surface area (Å²) in [6.45, 7) is 0. The van der Waals surface area contributed by atoms with Crippen molar-refractivity contribution in [1.82, 2.24) is 0 Å². The molecule has 0 heterocycles. The SMILES string of the molecule is FC(F)(F)OC1C=CC=CC1=S. The molecular formula is C7H5F3OS. The van der Waals surface area contributed by atoms with Crippen LogP contribution in [0, 0.1) is 0 Å². The molecule has 5 heteroatoms. The van der Waals surface area contributed by atoms with Gasteiger partial charge in [0.05, 0.1) is 0 Å². The molecule has 0 aromatic heterocycles. The van der Waals surface area contributed by atoms with Crippen LogP contribution >= 0.6 is 12.2 Å². The van der Waals surface area contributed by atoms with E-state index in [0.29, 0.717) is 0 Å². The van der Waals surface area contributed by atoms with Crippen LogP contribution in [0.1, 0.15) is 0 Å². The topological polar surface area (TPSA) is 9.23 Å². The molecule has 0 saturated heterocycles. The van der Waals surface area contributed by atoms with E-state index in [9.17, 15) is 13.2 Å². The van der Waals surface area contributed by atoms with Crippen LogP contribution in [-0.4, -0.2) is 17.3 Å². The average molecular weight is 194 g/mol. The van der Waals surface area contributed by atoms with Crippen LogP contribution in [0.4, 0.5) is 13.2 Å². The molecule has 1 nitrogen and oxygen atoms in total. The van der Waals surface area contributed by atoms with Gasteiger partial charge in [-0.2, -0.15) is 0 Å². The van der Waals surface area contributed by atoms with Crippen molar-refractivity contribution >= 4 is 17.1 Å². The summed E-state index contributed by atoms with van der Waals surface area (Å²) in [6.07, 6.45) is -0.0821. The molecule has 0 N–H and O–H groups in total. The third-order valence-corrected chi connectivity index (χ3v) is 1.57. The fourth-order valence-corrected chi connectivity index (χ4v) is 0.952. The number of rotatable bonds is 1. The summed E-state index contributed by atoms with van der Waals surface area (Å²) in [5.74, 6) is 0. The van der Waals surface area contributed by atoms with Gasteiger partial charge in [-0.3, -0.25) is 4.74 Å². The van der Waals surface area contributed by atoms with Gasteiger partial charge < -0.3 is 0 Å². The van der Waals surface area contributed by atoms with Crippen LogP contribution in [0.25, 0.3) is 0 Å². The average Bonchev–Trinajstić information content (AvgIpc) is 1.91. The number of thiocarbonyl (C=S) groups is 1. The number of hydrogen-bond donors (Lipinski definition) is 0. The maximum absolute atomic E-state index is 11.7. The Labute approximate surface area is 72.5 Å². The maximum atomic E-state index is 11.7. The first-order valence-electron chi connectivity index (χ1n) is 3.12.